The Morgan fingerprint density at radius 3 is 3.07 bits per heavy atom. The molecular formula is C10H15N3OS. The Balaban J connectivity index is 1.97. The van der Waals surface area contributed by atoms with Crippen LogP contribution in [0.4, 0.5) is 5.13 Å². The maximum absolute atomic E-state index is 11.8. The normalized spacial score (nSPS) is 25.5. The molecule has 2 atom stereocenters. The van der Waals surface area contributed by atoms with Gasteiger partial charge in [-0.2, -0.15) is 0 Å². The van der Waals surface area contributed by atoms with Crippen LogP contribution in [0.25, 0.3) is 0 Å². The molecule has 1 saturated heterocycles. The molecule has 1 aromatic heterocycles. The lowest BCUT2D eigenvalue weighted by molar-refractivity contribution is -0.119. The van der Waals surface area contributed by atoms with Gasteiger partial charge in [0.05, 0.1) is 5.92 Å². The van der Waals surface area contributed by atoms with E-state index in [1.54, 1.807) is 6.20 Å². The molecule has 1 amide bonds. The first-order valence-corrected chi connectivity index (χ1v) is 5.95. The van der Waals surface area contributed by atoms with Crippen LogP contribution < -0.4 is 10.6 Å². The molecule has 2 rings (SSSR count). The smallest absolute Gasteiger partial charge is 0.230 e. The van der Waals surface area contributed by atoms with Gasteiger partial charge in [0.2, 0.25) is 5.91 Å². The molecule has 82 valence electrons. The predicted molar refractivity (Wildman–Crippen MR) is 61.1 cm³/mol. The molecule has 1 fully saturated rings. The average Bonchev–Trinajstić information content (AvgIpc) is 2.75. The number of carbonyl (C=O) groups is 1. The minimum absolute atomic E-state index is 0.0780. The van der Waals surface area contributed by atoms with Crippen molar-refractivity contribution in [1.29, 1.82) is 0 Å². The summed E-state index contributed by atoms with van der Waals surface area (Å²) in [5.74, 6) is 0.163. The molecule has 5 heteroatoms. The lowest BCUT2D eigenvalue weighted by Crippen LogP contribution is -2.31. The van der Waals surface area contributed by atoms with Crippen molar-refractivity contribution in [3.05, 3.63) is 11.1 Å². The summed E-state index contributed by atoms with van der Waals surface area (Å²) in [7, 11) is 0. The van der Waals surface area contributed by atoms with Crippen molar-refractivity contribution in [1.82, 2.24) is 10.3 Å². The van der Waals surface area contributed by atoms with Crippen molar-refractivity contribution >= 4 is 22.4 Å². The Kier molecular flexibility index (Phi) is 3.02. The zero-order valence-corrected chi connectivity index (χ0v) is 9.73. The Labute approximate surface area is 93.1 Å². The van der Waals surface area contributed by atoms with Crippen LogP contribution >= 0.6 is 11.3 Å². The molecule has 0 bridgehead atoms. The Morgan fingerprint density at radius 2 is 2.53 bits per heavy atom. The van der Waals surface area contributed by atoms with Crippen LogP contribution in [0.2, 0.25) is 0 Å². The Hall–Kier alpha value is -0.940. The summed E-state index contributed by atoms with van der Waals surface area (Å²) in [5, 5.41) is 6.83. The molecule has 0 spiro atoms. The third kappa shape index (κ3) is 2.35. The lowest BCUT2D eigenvalue weighted by Gasteiger charge is -2.13. The van der Waals surface area contributed by atoms with Crippen LogP contribution in [0, 0.1) is 12.8 Å². The second-order valence-corrected chi connectivity index (χ2v) is 5.14. The summed E-state index contributed by atoms with van der Waals surface area (Å²) in [6.07, 6.45) is 2.69. The number of aromatic nitrogens is 1. The summed E-state index contributed by atoms with van der Waals surface area (Å²) < 4.78 is 0. The van der Waals surface area contributed by atoms with E-state index in [0.29, 0.717) is 5.13 Å². The molecule has 15 heavy (non-hydrogen) atoms. The molecule has 0 aromatic carbocycles. The fraction of sp³-hybridized carbons (Fsp3) is 0.600. The largest absolute Gasteiger partial charge is 0.313 e. The van der Waals surface area contributed by atoms with Gasteiger partial charge < -0.3 is 10.6 Å². The van der Waals surface area contributed by atoms with Crippen molar-refractivity contribution < 1.29 is 4.79 Å². The zero-order valence-electron chi connectivity index (χ0n) is 8.91. The van der Waals surface area contributed by atoms with Gasteiger partial charge in [0, 0.05) is 17.1 Å². The maximum Gasteiger partial charge on any atom is 0.230 e. The van der Waals surface area contributed by atoms with Crippen LogP contribution in [0.3, 0.4) is 0 Å². The zero-order chi connectivity index (χ0) is 10.8. The quantitative estimate of drug-likeness (QED) is 0.799. The van der Waals surface area contributed by atoms with Crippen molar-refractivity contribution in [2.75, 3.05) is 11.9 Å². The molecule has 2 heterocycles. The Morgan fingerprint density at radius 1 is 1.73 bits per heavy atom. The summed E-state index contributed by atoms with van der Waals surface area (Å²) in [4.78, 5) is 17.1. The van der Waals surface area contributed by atoms with E-state index in [-0.39, 0.29) is 17.9 Å². The molecule has 0 saturated carbocycles. The number of nitrogens with zero attached hydrogens (tertiary/aromatic N) is 1. The van der Waals surface area contributed by atoms with Crippen LogP contribution in [0.15, 0.2) is 6.20 Å². The van der Waals surface area contributed by atoms with Crippen molar-refractivity contribution in [3.63, 3.8) is 0 Å². The van der Waals surface area contributed by atoms with E-state index in [4.69, 9.17) is 0 Å². The number of anilines is 1. The van der Waals surface area contributed by atoms with E-state index >= 15 is 0 Å². The SMILES string of the molecule is Cc1cnc(NC(=O)C2CCNC2C)s1. The van der Waals surface area contributed by atoms with Gasteiger partial charge in [-0.15, -0.1) is 11.3 Å². The number of hydrogen-bond donors (Lipinski definition) is 2. The van der Waals surface area contributed by atoms with E-state index in [1.165, 1.54) is 11.3 Å². The molecule has 1 aliphatic rings. The van der Waals surface area contributed by atoms with E-state index in [9.17, 15) is 4.79 Å². The number of nitrogens with one attached hydrogen (secondary N) is 2. The van der Waals surface area contributed by atoms with Crippen molar-refractivity contribution in [2.24, 2.45) is 5.92 Å². The number of aryl methyl sites for hydroxylation is 1. The summed E-state index contributed by atoms with van der Waals surface area (Å²) in [6, 6.07) is 0.269. The van der Waals surface area contributed by atoms with Gasteiger partial charge in [-0.1, -0.05) is 0 Å². The molecule has 2 unspecified atom stereocenters. The van der Waals surface area contributed by atoms with Gasteiger partial charge in [0.1, 0.15) is 0 Å². The minimum atomic E-state index is 0.0780. The van der Waals surface area contributed by atoms with E-state index in [1.807, 2.05) is 13.8 Å². The van der Waals surface area contributed by atoms with Crippen molar-refractivity contribution in [3.8, 4) is 0 Å². The fourth-order valence-electron chi connectivity index (χ4n) is 1.83. The monoisotopic (exact) mass is 225 g/mol. The minimum Gasteiger partial charge on any atom is -0.313 e. The summed E-state index contributed by atoms with van der Waals surface area (Å²) >= 11 is 1.51. The summed E-state index contributed by atoms with van der Waals surface area (Å²) in [6.45, 7) is 4.95. The molecule has 0 radical (unpaired) electrons. The standard InChI is InChI=1S/C10H15N3OS/c1-6-5-12-10(15-6)13-9(14)8-3-4-11-7(8)2/h5,7-8,11H,3-4H2,1-2H3,(H,12,13,14). The number of carbonyl (C=O) groups excluding carboxylic acids is 1. The first kappa shape index (κ1) is 10.6. The van der Waals surface area contributed by atoms with Crippen molar-refractivity contribution in [2.45, 2.75) is 26.3 Å². The van der Waals surface area contributed by atoms with Gasteiger partial charge >= 0.3 is 0 Å². The number of amides is 1. The molecule has 4 nitrogen and oxygen atoms in total. The highest BCUT2D eigenvalue weighted by molar-refractivity contribution is 7.15. The van der Waals surface area contributed by atoms with E-state index < -0.39 is 0 Å². The number of thiazole rings is 1. The number of rotatable bonds is 2. The molecule has 2 N–H and O–H groups in total. The van der Waals surface area contributed by atoms with E-state index in [2.05, 4.69) is 15.6 Å². The van der Waals surface area contributed by atoms with Gasteiger partial charge in [-0.25, -0.2) is 4.98 Å². The van der Waals surface area contributed by atoms with E-state index in [0.717, 1.165) is 17.8 Å². The first-order valence-electron chi connectivity index (χ1n) is 5.13. The first-order chi connectivity index (χ1) is 7.16. The average molecular weight is 225 g/mol. The van der Waals surface area contributed by atoms with Crippen LogP contribution in [0.1, 0.15) is 18.2 Å². The highest BCUT2D eigenvalue weighted by atomic mass is 32.1. The van der Waals surface area contributed by atoms with Gasteiger partial charge in [0.25, 0.3) is 0 Å². The van der Waals surface area contributed by atoms with Gasteiger partial charge in [-0.05, 0) is 26.8 Å². The second kappa shape index (κ2) is 4.28. The maximum atomic E-state index is 11.8. The third-order valence-corrected chi connectivity index (χ3v) is 3.54. The highest BCUT2D eigenvalue weighted by Gasteiger charge is 2.29. The Bertz CT molecular complexity index is 363. The third-order valence-electron chi connectivity index (χ3n) is 2.71. The molecular weight excluding hydrogens is 210 g/mol. The summed E-state index contributed by atoms with van der Waals surface area (Å²) in [5.41, 5.74) is 0. The fourth-order valence-corrected chi connectivity index (χ4v) is 2.49. The topological polar surface area (TPSA) is 54.0 Å². The highest BCUT2D eigenvalue weighted by Crippen LogP contribution is 2.20. The molecule has 1 aromatic rings. The van der Waals surface area contributed by atoms with Gasteiger partial charge in [0.15, 0.2) is 5.13 Å². The predicted octanol–water partition coefficient (Wildman–Crippen LogP) is 1.39. The number of hydrogen-bond acceptors (Lipinski definition) is 4. The second-order valence-electron chi connectivity index (χ2n) is 3.90. The van der Waals surface area contributed by atoms with Crippen LogP contribution in [-0.2, 0) is 4.79 Å². The molecule has 0 aliphatic carbocycles. The van der Waals surface area contributed by atoms with Crippen LogP contribution in [-0.4, -0.2) is 23.5 Å². The van der Waals surface area contributed by atoms with Gasteiger partial charge in [-0.3, -0.25) is 4.79 Å². The molecule has 1 aliphatic heterocycles. The lowest BCUT2D eigenvalue weighted by atomic mass is 10.0. The van der Waals surface area contributed by atoms with Crippen LogP contribution in [0.5, 0.6) is 0 Å².